The highest BCUT2D eigenvalue weighted by atomic mass is 32.2. The van der Waals surface area contributed by atoms with Crippen molar-refractivity contribution in [2.24, 2.45) is 4.99 Å². The number of ether oxygens (including phenoxy) is 2. The van der Waals surface area contributed by atoms with E-state index in [1.807, 2.05) is 29.2 Å². The maximum absolute atomic E-state index is 14.2. The summed E-state index contributed by atoms with van der Waals surface area (Å²) in [4.78, 5) is 19.0. The molecular formula is C19H19FN2O3S. The summed E-state index contributed by atoms with van der Waals surface area (Å²) in [6.45, 7) is 0.707. The average Bonchev–Trinajstić information content (AvgIpc) is 3.20. The van der Waals surface area contributed by atoms with E-state index in [4.69, 9.17) is 9.47 Å². The van der Waals surface area contributed by atoms with Crippen LogP contribution < -0.4 is 14.4 Å². The maximum Gasteiger partial charge on any atom is 0.185 e. The molecule has 0 N–H and O–H groups in total. The lowest BCUT2D eigenvalue weighted by Crippen LogP contribution is -2.33. The van der Waals surface area contributed by atoms with Gasteiger partial charge in [-0.3, -0.25) is 9.79 Å². The van der Waals surface area contributed by atoms with E-state index in [2.05, 4.69) is 4.99 Å². The number of hydrogen-bond acceptors (Lipinski definition) is 6. The summed E-state index contributed by atoms with van der Waals surface area (Å²) in [6.07, 6.45) is 0. The molecule has 0 radical (unpaired) electrons. The number of rotatable bonds is 6. The van der Waals surface area contributed by atoms with Crippen LogP contribution in [0.1, 0.15) is 10.4 Å². The zero-order chi connectivity index (χ0) is 18.5. The van der Waals surface area contributed by atoms with Gasteiger partial charge in [-0.15, -0.1) is 0 Å². The van der Waals surface area contributed by atoms with Crippen molar-refractivity contribution in [3.8, 4) is 11.5 Å². The van der Waals surface area contributed by atoms with Gasteiger partial charge in [0.25, 0.3) is 0 Å². The number of carbonyl (C=O) groups is 1. The van der Waals surface area contributed by atoms with Gasteiger partial charge in [0.1, 0.15) is 17.3 Å². The summed E-state index contributed by atoms with van der Waals surface area (Å²) in [5.41, 5.74) is 0.842. The van der Waals surface area contributed by atoms with Crippen LogP contribution in [0.2, 0.25) is 0 Å². The van der Waals surface area contributed by atoms with Crippen molar-refractivity contribution in [1.82, 2.24) is 0 Å². The lowest BCUT2D eigenvalue weighted by Gasteiger charge is -2.23. The third kappa shape index (κ3) is 3.99. The van der Waals surface area contributed by atoms with E-state index in [9.17, 15) is 9.18 Å². The van der Waals surface area contributed by atoms with Crippen LogP contribution in [0.15, 0.2) is 47.5 Å². The van der Waals surface area contributed by atoms with Crippen LogP contribution in [0.4, 0.5) is 10.1 Å². The first-order valence-corrected chi connectivity index (χ1v) is 9.06. The van der Waals surface area contributed by atoms with Crippen molar-refractivity contribution in [2.75, 3.05) is 38.0 Å². The average molecular weight is 374 g/mol. The summed E-state index contributed by atoms with van der Waals surface area (Å²) >= 11 is 1.58. The minimum Gasteiger partial charge on any atom is -0.497 e. The topological polar surface area (TPSA) is 51.1 Å². The molecule has 0 saturated heterocycles. The molecule has 0 aliphatic carbocycles. The second-order valence-corrected chi connectivity index (χ2v) is 6.63. The van der Waals surface area contributed by atoms with Gasteiger partial charge in [0.2, 0.25) is 0 Å². The van der Waals surface area contributed by atoms with Gasteiger partial charge in [-0.1, -0.05) is 11.8 Å². The number of aliphatic imine (C=N–C) groups is 1. The van der Waals surface area contributed by atoms with Crippen molar-refractivity contribution in [3.05, 3.63) is 53.8 Å². The molecular weight excluding hydrogens is 355 g/mol. The Morgan fingerprint density at radius 3 is 2.42 bits per heavy atom. The Morgan fingerprint density at radius 1 is 1.15 bits per heavy atom. The summed E-state index contributed by atoms with van der Waals surface area (Å²) in [5.74, 6) is 1.05. The van der Waals surface area contributed by atoms with Crippen LogP contribution in [0, 0.1) is 5.82 Å². The minimum absolute atomic E-state index is 0.00140. The van der Waals surface area contributed by atoms with Crippen LogP contribution in [-0.4, -0.2) is 44.0 Å². The number of Topliss-reactive ketones (excluding diaryl/α,β-unsaturated/α-hetero) is 1. The van der Waals surface area contributed by atoms with Gasteiger partial charge in [0.15, 0.2) is 11.0 Å². The Bertz CT molecular complexity index is 824. The fourth-order valence-electron chi connectivity index (χ4n) is 2.60. The molecule has 1 aliphatic heterocycles. The third-order valence-corrected chi connectivity index (χ3v) is 4.96. The molecule has 0 fully saturated rings. The maximum atomic E-state index is 14.2. The van der Waals surface area contributed by atoms with E-state index >= 15 is 0 Å². The lowest BCUT2D eigenvalue weighted by atomic mass is 10.1. The van der Waals surface area contributed by atoms with Crippen LogP contribution in [0.3, 0.4) is 0 Å². The molecule has 2 aromatic rings. The fraction of sp³-hybridized carbons (Fsp3) is 0.263. The van der Waals surface area contributed by atoms with Crippen molar-refractivity contribution >= 4 is 28.4 Å². The Hall–Kier alpha value is -2.54. The minimum atomic E-state index is -0.593. The molecule has 1 heterocycles. The normalized spacial score (nSPS) is 13.3. The number of nitrogens with zero attached hydrogens (tertiary/aromatic N) is 2. The van der Waals surface area contributed by atoms with Crippen LogP contribution >= 0.6 is 11.8 Å². The van der Waals surface area contributed by atoms with E-state index in [1.54, 1.807) is 24.9 Å². The standard InChI is InChI=1S/C19H19FN2O3S/c1-24-14-5-3-13(4-6-14)22(19-21-9-10-26-19)12-18(23)16-8-7-15(25-2)11-17(16)20/h3-8,11H,9-10,12H2,1-2H3. The van der Waals surface area contributed by atoms with Gasteiger partial charge in [0, 0.05) is 17.5 Å². The Balaban J connectivity index is 1.86. The highest BCUT2D eigenvalue weighted by Gasteiger charge is 2.23. The van der Waals surface area contributed by atoms with Crippen molar-refractivity contribution < 1.29 is 18.7 Å². The Kier molecular flexibility index (Phi) is 5.78. The van der Waals surface area contributed by atoms with Gasteiger partial charge >= 0.3 is 0 Å². The number of hydrogen-bond donors (Lipinski definition) is 0. The zero-order valence-electron chi connectivity index (χ0n) is 14.6. The van der Waals surface area contributed by atoms with E-state index in [-0.39, 0.29) is 17.9 Å². The summed E-state index contributed by atoms with van der Waals surface area (Å²) < 4.78 is 24.4. The predicted molar refractivity (Wildman–Crippen MR) is 102 cm³/mol. The molecule has 1 aliphatic rings. The van der Waals surface area contributed by atoms with Crippen LogP contribution in [-0.2, 0) is 0 Å². The predicted octanol–water partition coefficient (Wildman–Crippen LogP) is 3.64. The molecule has 0 saturated carbocycles. The van der Waals surface area contributed by atoms with E-state index in [1.165, 1.54) is 19.2 Å². The SMILES string of the molecule is COc1ccc(N(CC(=O)c2ccc(OC)cc2F)C2=NCCS2)cc1. The van der Waals surface area contributed by atoms with Crippen molar-refractivity contribution in [3.63, 3.8) is 0 Å². The zero-order valence-corrected chi connectivity index (χ0v) is 15.4. The second-order valence-electron chi connectivity index (χ2n) is 5.57. The highest BCUT2D eigenvalue weighted by molar-refractivity contribution is 8.14. The van der Waals surface area contributed by atoms with Gasteiger partial charge in [-0.05, 0) is 36.4 Å². The third-order valence-electron chi connectivity index (χ3n) is 3.96. The number of halogens is 1. The molecule has 7 heteroatoms. The monoisotopic (exact) mass is 374 g/mol. The van der Waals surface area contributed by atoms with E-state index in [0.717, 1.165) is 22.4 Å². The molecule has 0 spiro atoms. The molecule has 3 rings (SSSR count). The van der Waals surface area contributed by atoms with Gasteiger partial charge in [-0.2, -0.15) is 0 Å². The Morgan fingerprint density at radius 2 is 1.85 bits per heavy atom. The van der Waals surface area contributed by atoms with Crippen LogP contribution in [0.5, 0.6) is 11.5 Å². The number of ketones is 1. The fourth-order valence-corrected chi connectivity index (χ4v) is 3.47. The number of carbonyl (C=O) groups excluding carboxylic acids is 1. The molecule has 0 unspecified atom stereocenters. The van der Waals surface area contributed by atoms with Crippen molar-refractivity contribution in [2.45, 2.75) is 0 Å². The van der Waals surface area contributed by atoms with Crippen LogP contribution in [0.25, 0.3) is 0 Å². The van der Waals surface area contributed by atoms with Crippen molar-refractivity contribution in [1.29, 1.82) is 0 Å². The first-order chi connectivity index (χ1) is 12.6. The number of thioether (sulfide) groups is 1. The largest absolute Gasteiger partial charge is 0.497 e. The lowest BCUT2D eigenvalue weighted by molar-refractivity contribution is 0.0998. The number of anilines is 1. The van der Waals surface area contributed by atoms with E-state index < -0.39 is 5.82 Å². The van der Waals surface area contributed by atoms with Gasteiger partial charge < -0.3 is 14.4 Å². The number of benzene rings is 2. The molecule has 0 aromatic heterocycles. The summed E-state index contributed by atoms with van der Waals surface area (Å²) in [6, 6.07) is 11.6. The van der Waals surface area contributed by atoms with Gasteiger partial charge in [-0.25, -0.2) is 4.39 Å². The summed E-state index contributed by atoms with van der Waals surface area (Å²) in [7, 11) is 3.05. The number of methoxy groups -OCH3 is 2. The molecule has 2 aromatic carbocycles. The number of amidine groups is 1. The first kappa shape index (κ1) is 18.3. The molecule has 0 bridgehead atoms. The smallest absolute Gasteiger partial charge is 0.185 e. The Labute approximate surface area is 155 Å². The quantitative estimate of drug-likeness (QED) is 0.723. The van der Waals surface area contributed by atoms with E-state index in [0.29, 0.717) is 12.3 Å². The molecule has 5 nitrogen and oxygen atoms in total. The molecule has 0 atom stereocenters. The molecule has 136 valence electrons. The second kappa shape index (κ2) is 8.23. The highest BCUT2D eigenvalue weighted by Crippen LogP contribution is 2.26. The molecule has 26 heavy (non-hydrogen) atoms. The summed E-state index contributed by atoms with van der Waals surface area (Å²) in [5, 5.41) is 0.762. The first-order valence-electron chi connectivity index (χ1n) is 8.08. The van der Waals surface area contributed by atoms with Gasteiger partial charge in [0.05, 0.1) is 32.9 Å². The molecule has 0 amide bonds.